The molecule has 8 heteroatoms. The van der Waals surface area contributed by atoms with Crippen molar-refractivity contribution in [2.24, 2.45) is 0 Å². The Morgan fingerprint density at radius 2 is 2.10 bits per heavy atom. The predicted molar refractivity (Wildman–Crippen MR) is 84.2 cm³/mol. The van der Waals surface area contributed by atoms with Crippen molar-refractivity contribution in [2.75, 3.05) is 18.5 Å². The molecule has 108 valence electrons. The summed E-state index contributed by atoms with van der Waals surface area (Å²) in [4.78, 5) is 12.9. The summed E-state index contributed by atoms with van der Waals surface area (Å²) in [7, 11) is 0. The van der Waals surface area contributed by atoms with E-state index in [4.69, 9.17) is 4.74 Å². The summed E-state index contributed by atoms with van der Waals surface area (Å²) in [6, 6.07) is 0.320. The zero-order chi connectivity index (χ0) is 14.4. The highest BCUT2D eigenvalue weighted by Crippen LogP contribution is 2.12. The topological polar surface area (TPSA) is 77.8 Å². The largest absolute Gasteiger partial charge is 0.463 e. The first-order chi connectivity index (χ1) is 9.72. The van der Waals surface area contributed by atoms with Gasteiger partial charge in [0.25, 0.3) is 5.95 Å². The number of nitrogens with zero attached hydrogens (tertiary/aromatic N) is 5. The predicted octanol–water partition coefficient (Wildman–Crippen LogP) is 2.27. The van der Waals surface area contributed by atoms with Crippen LogP contribution < -0.4 is 10.1 Å². The number of nitrogens with one attached hydrogen (secondary N) is 1. The van der Waals surface area contributed by atoms with E-state index in [9.17, 15) is 0 Å². The summed E-state index contributed by atoms with van der Waals surface area (Å²) in [5.74, 6) is 0.959. The van der Waals surface area contributed by atoms with Gasteiger partial charge >= 0.3 is 6.01 Å². The van der Waals surface area contributed by atoms with E-state index >= 15 is 0 Å². The van der Waals surface area contributed by atoms with Crippen molar-refractivity contribution < 1.29 is 4.74 Å². The second-order valence-electron chi connectivity index (χ2n) is 4.12. The maximum Gasteiger partial charge on any atom is 0.323 e. The van der Waals surface area contributed by atoms with E-state index in [1.165, 1.54) is 0 Å². The van der Waals surface area contributed by atoms with Crippen LogP contribution in [0.5, 0.6) is 6.01 Å². The molecule has 1 N–H and O–H groups in total. The second-order valence-corrected chi connectivity index (χ2v) is 5.37. The highest BCUT2D eigenvalue weighted by atomic mass is 127. The van der Waals surface area contributed by atoms with Gasteiger partial charge in [0.2, 0.25) is 5.95 Å². The zero-order valence-electron chi connectivity index (χ0n) is 11.5. The van der Waals surface area contributed by atoms with Gasteiger partial charge in [0.15, 0.2) is 0 Å². The van der Waals surface area contributed by atoms with Gasteiger partial charge in [-0.15, -0.1) is 0 Å². The third kappa shape index (κ3) is 4.02. The molecule has 0 unspecified atom stereocenters. The van der Waals surface area contributed by atoms with E-state index in [1.54, 1.807) is 10.9 Å². The standard InChI is InChI=1S/C12H17IN6O/c1-3-5-14-10-16-11(19-8-9(13)7-15-19)18-12(17-10)20-6-4-2/h7-8H,3-6H2,1-2H3,(H,14,16,17,18). The maximum absolute atomic E-state index is 5.50. The molecular weight excluding hydrogens is 371 g/mol. The average molecular weight is 388 g/mol. The smallest absolute Gasteiger partial charge is 0.323 e. The third-order valence-electron chi connectivity index (χ3n) is 2.33. The molecule has 2 aromatic heterocycles. The van der Waals surface area contributed by atoms with Crippen LogP contribution in [0.15, 0.2) is 12.4 Å². The van der Waals surface area contributed by atoms with Gasteiger partial charge < -0.3 is 10.1 Å². The first-order valence-corrected chi connectivity index (χ1v) is 7.64. The summed E-state index contributed by atoms with van der Waals surface area (Å²) in [5, 5.41) is 7.34. The van der Waals surface area contributed by atoms with Crippen LogP contribution in [0.1, 0.15) is 26.7 Å². The molecule has 0 fully saturated rings. The van der Waals surface area contributed by atoms with E-state index in [1.807, 2.05) is 13.1 Å². The van der Waals surface area contributed by atoms with Crippen molar-refractivity contribution in [3.8, 4) is 12.0 Å². The monoisotopic (exact) mass is 388 g/mol. The average Bonchev–Trinajstić information content (AvgIpc) is 2.89. The van der Waals surface area contributed by atoms with E-state index in [2.05, 4.69) is 54.9 Å². The molecule has 7 nitrogen and oxygen atoms in total. The highest BCUT2D eigenvalue weighted by molar-refractivity contribution is 14.1. The van der Waals surface area contributed by atoms with Gasteiger partial charge in [-0.05, 0) is 35.4 Å². The fourth-order valence-corrected chi connectivity index (χ4v) is 1.82. The van der Waals surface area contributed by atoms with Gasteiger partial charge in [0, 0.05) is 12.7 Å². The van der Waals surface area contributed by atoms with E-state index in [-0.39, 0.29) is 0 Å². The van der Waals surface area contributed by atoms with Crippen molar-refractivity contribution in [3.05, 3.63) is 16.0 Å². The lowest BCUT2D eigenvalue weighted by atomic mass is 10.5. The van der Waals surface area contributed by atoms with Gasteiger partial charge in [-0.3, -0.25) is 0 Å². The molecule has 0 spiro atoms. The normalized spacial score (nSPS) is 10.6. The number of halogens is 1. The minimum absolute atomic E-state index is 0.320. The van der Waals surface area contributed by atoms with Crippen LogP contribution in [-0.4, -0.2) is 37.9 Å². The van der Waals surface area contributed by atoms with Gasteiger partial charge in [-0.1, -0.05) is 13.8 Å². The van der Waals surface area contributed by atoms with E-state index in [0.29, 0.717) is 24.5 Å². The van der Waals surface area contributed by atoms with Crippen LogP contribution in [-0.2, 0) is 0 Å². The Hall–Kier alpha value is -1.45. The molecule has 0 radical (unpaired) electrons. The quantitative estimate of drug-likeness (QED) is 0.734. The molecule has 0 bridgehead atoms. The molecule has 2 rings (SSSR count). The van der Waals surface area contributed by atoms with Crippen molar-refractivity contribution >= 4 is 28.5 Å². The Morgan fingerprint density at radius 1 is 1.25 bits per heavy atom. The van der Waals surface area contributed by atoms with Crippen LogP contribution in [0.2, 0.25) is 0 Å². The molecular formula is C12H17IN6O. The number of hydrogen-bond acceptors (Lipinski definition) is 6. The van der Waals surface area contributed by atoms with Crippen LogP contribution >= 0.6 is 22.6 Å². The summed E-state index contributed by atoms with van der Waals surface area (Å²) >= 11 is 2.19. The molecule has 0 amide bonds. The molecule has 2 heterocycles. The molecule has 0 atom stereocenters. The Balaban J connectivity index is 2.29. The lowest BCUT2D eigenvalue weighted by Crippen LogP contribution is -2.12. The first kappa shape index (κ1) is 14.9. The summed E-state index contributed by atoms with van der Waals surface area (Å²) < 4.78 is 8.13. The fourth-order valence-electron chi connectivity index (χ4n) is 1.43. The number of ether oxygens (including phenoxy) is 1. The highest BCUT2D eigenvalue weighted by Gasteiger charge is 2.10. The molecule has 20 heavy (non-hydrogen) atoms. The first-order valence-electron chi connectivity index (χ1n) is 6.56. The van der Waals surface area contributed by atoms with Crippen molar-refractivity contribution in [1.82, 2.24) is 24.7 Å². The molecule has 0 aromatic carbocycles. The van der Waals surface area contributed by atoms with Crippen molar-refractivity contribution in [3.63, 3.8) is 0 Å². The Bertz CT molecular complexity index is 532. The summed E-state index contributed by atoms with van der Waals surface area (Å²) in [6.07, 6.45) is 5.49. The van der Waals surface area contributed by atoms with Crippen molar-refractivity contribution in [2.45, 2.75) is 26.7 Å². The second kappa shape index (κ2) is 7.36. The van der Waals surface area contributed by atoms with E-state index in [0.717, 1.165) is 23.0 Å². The molecule has 0 aliphatic heterocycles. The molecule has 0 saturated heterocycles. The number of aromatic nitrogens is 5. The maximum atomic E-state index is 5.50. The fraction of sp³-hybridized carbons (Fsp3) is 0.500. The number of anilines is 1. The molecule has 0 saturated carbocycles. The van der Waals surface area contributed by atoms with Crippen molar-refractivity contribution in [1.29, 1.82) is 0 Å². The van der Waals surface area contributed by atoms with E-state index < -0.39 is 0 Å². The molecule has 2 aromatic rings. The van der Waals surface area contributed by atoms with Gasteiger partial charge in [0.05, 0.1) is 16.4 Å². The number of hydrogen-bond donors (Lipinski definition) is 1. The Morgan fingerprint density at radius 3 is 2.75 bits per heavy atom. The zero-order valence-corrected chi connectivity index (χ0v) is 13.7. The number of rotatable bonds is 7. The Kier molecular flexibility index (Phi) is 5.50. The lowest BCUT2D eigenvalue weighted by molar-refractivity contribution is 0.291. The Labute approximate surface area is 131 Å². The third-order valence-corrected chi connectivity index (χ3v) is 2.88. The SMILES string of the molecule is CCCNc1nc(OCCC)nc(-n2cc(I)cn2)n1. The van der Waals surface area contributed by atoms with Crippen LogP contribution in [0.25, 0.3) is 5.95 Å². The van der Waals surface area contributed by atoms with Crippen LogP contribution in [0, 0.1) is 3.57 Å². The molecule has 0 aliphatic rings. The van der Waals surface area contributed by atoms with Crippen LogP contribution in [0.4, 0.5) is 5.95 Å². The lowest BCUT2D eigenvalue weighted by Gasteiger charge is -2.08. The molecule has 0 aliphatic carbocycles. The van der Waals surface area contributed by atoms with Crippen LogP contribution in [0.3, 0.4) is 0 Å². The summed E-state index contributed by atoms with van der Waals surface area (Å²) in [6.45, 7) is 5.49. The van der Waals surface area contributed by atoms with Gasteiger partial charge in [-0.2, -0.15) is 20.1 Å². The van der Waals surface area contributed by atoms with Gasteiger partial charge in [0.1, 0.15) is 0 Å². The minimum atomic E-state index is 0.320. The van der Waals surface area contributed by atoms with Gasteiger partial charge in [-0.25, -0.2) is 4.68 Å². The summed E-state index contributed by atoms with van der Waals surface area (Å²) in [5.41, 5.74) is 0. The minimum Gasteiger partial charge on any atom is -0.463 e.